The summed E-state index contributed by atoms with van der Waals surface area (Å²) in [6, 6.07) is 6.72. The zero-order chi connectivity index (χ0) is 18.6. The topological polar surface area (TPSA) is 98.5 Å². The molecule has 2 aromatic rings. The molecule has 25 heavy (non-hydrogen) atoms. The van der Waals surface area contributed by atoms with Crippen LogP contribution < -0.4 is 5.32 Å². The smallest absolute Gasteiger partial charge is 0.340 e. The number of hydrogen-bond donors (Lipinski definition) is 1. The van der Waals surface area contributed by atoms with Crippen molar-refractivity contribution in [3.63, 3.8) is 0 Å². The van der Waals surface area contributed by atoms with Crippen LogP contribution in [0.1, 0.15) is 10.4 Å². The van der Waals surface area contributed by atoms with Crippen molar-refractivity contribution >= 4 is 46.5 Å². The first-order chi connectivity index (χ1) is 11.8. The number of nitrogens with one attached hydrogen (secondary N) is 1. The number of halogens is 3. The molecule has 7 nitrogen and oxygen atoms in total. The first-order valence-corrected chi connectivity index (χ1v) is 7.39. The van der Waals surface area contributed by atoms with E-state index in [1.807, 2.05) is 0 Å². The van der Waals surface area contributed by atoms with Crippen LogP contribution in [0.2, 0.25) is 10.0 Å². The number of non-ortho nitro benzene ring substituents is 1. The molecule has 10 heteroatoms. The Morgan fingerprint density at radius 1 is 1.20 bits per heavy atom. The largest absolute Gasteiger partial charge is 0.452 e. The van der Waals surface area contributed by atoms with Gasteiger partial charge in [0, 0.05) is 17.2 Å². The fourth-order valence-corrected chi connectivity index (χ4v) is 2.26. The second-order valence-electron chi connectivity index (χ2n) is 4.67. The summed E-state index contributed by atoms with van der Waals surface area (Å²) in [6.45, 7) is -0.736. The van der Waals surface area contributed by atoms with Crippen molar-refractivity contribution < 1.29 is 23.6 Å². The third-order valence-corrected chi connectivity index (χ3v) is 3.47. The van der Waals surface area contributed by atoms with Gasteiger partial charge in [0.15, 0.2) is 6.61 Å². The van der Waals surface area contributed by atoms with Gasteiger partial charge in [-0.15, -0.1) is 0 Å². The Hall–Kier alpha value is -2.71. The Morgan fingerprint density at radius 3 is 2.56 bits per heavy atom. The molecule has 0 heterocycles. The fourth-order valence-electron chi connectivity index (χ4n) is 1.77. The molecule has 0 bridgehead atoms. The Kier molecular flexibility index (Phi) is 5.89. The predicted octanol–water partition coefficient (Wildman–Crippen LogP) is 3.84. The maximum Gasteiger partial charge on any atom is 0.340 e. The number of anilines is 1. The van der Waals surface area contributed by atoms with E-state index >= 15 is 0 Å². The van der Waals surface area contributed by atoms with Gasteiger partial charge in [0.1, 0.15) is 5.82 Å². The molecule has 0 unspecified atom stereocenters. The van der Waals surface area contributed by atoms with E-state index in [4.69, 9.17) is 27.9 Å². The van der Waals surface area contributed by atoms with Crippen LogP contribution in [-0.4, -0.2) is 23.4 Å². The van der Waals surface area contributed by atoms with Crippen LogP contribution in [0.4, 0.5) is 15.8 Å². The highest BCUT2D eigenvalue weighted by Gasteiger charge is 2.16. The number of rotatable bonds is 5. The molecular formula is C15H9Cl2FN2O5. The minimum absolute atomic E-state index is 0.000367. The van der Waals surface area contributed by atoms with Crippen molar-refractivity contribution in [3.05, 3.63) is 67.9 Å². The monoisotopic (exact) mass is 386 g/mol. The molecule has 0 saturated carbocycles. The van der Waals surface area contributed by atoms with E-state index in [9.17, 15) is 24.1 Å². The van der Waals surface area contributed by atoms with Crippen LogP contribution >= 0.6 is 23.2 Å². The molecule has 0 aromatic heterocycles. The highest BCUT2D eigenvalue weighted by molar-refractivity contribution is 6.36. The fraction of sp³-hybridized carbons (Fsp3) is 0.0667. The summed E-state index contributed by atoms with van der Waals surface area (Å²) in [4.78, 5) is 33.5. The highest BCUT2D eigenvalue weighted by Crippen LogP contribution is 2.22. The van der Waals surface area contributed by atoms with E-state index in [0.717, 1.165) is 18.2 Å². The number of ether oxygens (including phenoxy) is 1. The lowest BCUT2D eigenvalue weighted by Gasteiger charge is -2.08. The van der Waals surface area contributed by atoms with Gasteiger partial charge in [-0.1, -0.05) is 23.2 Å². The molecule has 2 aromatic carbocycles. The van der Waals surface area contributed by atoms with E-state index in [-0.39, 0.29) is 10.6 Å². The second-order valence-corrected chi connectivity index (χ2v) is 5.51. The van der Waals surface area contributed by atoms with Crippen molar-refractivity contribution in [2.45, 2.75) is 0 Å². The minimum Gasteiger partial charge on any atom is -0.452 e. The van der Waals surface area contributed by atoms with Gasteiger partial charge >= 0.3 is 5.97 Å². The lowest BCUT2D eigenvalue weighted by atomic mass is 10.2. The van der Waals surface area contributed by atoms with E-state index < -0.39 is 40.6 Å². The Morgan fingerprint density at radius 2 is 1.92 bits per heavy atom. The number of benzene rings is 2. The van der Waals surface area contributed by atoms with Crippen molar-refractivity contribution in [3.8, 4) is 0 Å². The molecule has 0 aliphatic heterocycles. The molecule has 1 amide bonds. The number of amides is 1. The standard InChI is InChI=1S/C15H9Cl2FN2O5/c16-8-1-3-10(11(17)5-8)15(22)25-7-14(21)19-13-6-9(20(23)24)2-4-12(13)18/h1-6H,7H2,(H,19,21). The molecule has 1 N–H and O–H groups in total. The normalized spacial score (nSPS) is 10.2. The molecular weight excluding hydrogens is 378 g/mol. The molecule has 0 fully saturated rings. The molecule has 130 valence electrons. The molecule has 0 radical (unpaired) electrons. The quantitative estimate of drug-likeness (QED) is 0.478. The van der Waals surface area contributed by atoms with Crippen molar-refractivity contribution in [2.75, 3.05) is 11.9 Å². The third-order valence-electron chi connectivity index (χ3n) is 2.92. The van der Waals surface area contributed by atoms with Gasteiger partial charge in [0.2, 0.25) is 0 Å². The zero-order valence-electron chi connectivity index (χ0n) is 12.3. The average Bonchev–Trinajstić information content (AvgIpc) is 2.54. The second kappa shape index (κ2) is 7.91. The zero-order valence-corrected chi connectivity index (χ0v) is 13.8. The van der Waals surface area contributed by atoms with Crippen LogP contribution in [0.5, 0.6) is 0 Å². The van der Waals surface area contributed by atoms with Crippen molar-refractivity contribution in [1.29, 1.82) is 0 Å². The molecule has 0 aliphatic carbocycles. The first-order valence-electron chi connectivity index (χ1n) is 6.64. The highest BCUT2D eigenvalue weighted by atomic mass is 35.5. The van der Waals surface area contributed by atoms with Gasteiger partial charge in [-0.05, 0) is 24.3 Å². The maximum atomic E-state index is 13.6. The third kappa shape index (κ3) is 4.88. The minimum atomic E-state index is -0.878. The SMILES string of the molecule is O=C(COC(=O)c1ccc(Cl)cc1Cl)Nc1cc([N+](=O)[O-])ccc1F. The Bertz CT molecular complexity index is 860. The van der Waals surface area contributed by atoms with Gasteiger partial charge < -0.3 is 10.1 Å². The number of nitro benzene ring substituents is 1. The maximum absolute atomic E-state index is 13.6. The van der Waals surface area contributed by atoms with E-state index in [1.165, 1.54) is 18.2 Å². The predicted molar refractivity (Wildman–Crippen MR) is 88.4 cm³/mol. The van der Waals surface area contributed by atoms with Crippen LogP contribution in [0, 0.1) is 15.9 Å². The number of carbonyl (C=O) groups excluding carboxylic acids is 2. The van der Waals surface area contributed by atoms with Crippen molar-refractivity contribution in [2.24, 2.45) is 0 Å². The summed E-state index contributed by atoms with van der Waals surface area (Å²) in [5, 5.41) is 13.1. The van der Waals surface area contributed by atoms with E-state index in [2.05, 4.69) is 5.32 Å². The number of hydrogen-bond acceptors (Lipinski definition) is 5. The van der Waals surface area contributed by atoms with Crippen LogP contribution in [0.15, 0.2) is 36.4 Å². The van der Waals surface area contributed by atoms with Crippen LogP contribution in [0.3, 0.4) is 0 Å². The summed E-state index contributed by atoms with van der Waals surface area (Å²) in [7, 11) is 0. The molecule has 2 rings (SSSR count). The van der Waals surface area contributed by atoms with Gasteiger partial charge in [-0.2, -0.15) is 0 Å². The Balaban J connectivity index is 2.00. The van der Waals surface area contributed by atoms with E-state index in [1.54, 1.807) is 0 Å². The van der Waals surface area contributed by atoms with Gasteiger partial charge in [-0.3, -0.25) is 14.9 Å². The van der Waals surface area contributed by atoms with Crippen molar-refractivity contribution in [1.82, 2.24) is 0 Å². The Labute approximate surface area is 150 Å². The lowest BCUT2D eigenvalue weighted by molar-refractivity contribution is -0.384. The lowest BCUT2D eigenvalue weighted by Crippen LogP contribution is -2.21. The molecule has 0 spiro atoms. The van der Waals surface area contributed by atoms with Gasteiger partial charge in [0.05, 0.1) is 21.2 Å². The van der Waals surface area contributed by atoms with Gasteiger partial charge in [-0.25, -0.2) is 9.18 Å². The number of nitro groups is 1. The van der Waals surface area contributed by atoms with Crippen LogP contribution in [0.25, 0.3) is 0 Å². The summed E-state index contributed by atoms with van der Waals surface area (Å²) in [5.41, 5.74) is -0.804. The number of nitrogens with zero attached hydrogens (tertiary/aromatic N) is 1. The first kappa shape index (κ1) is 18.6. The number of carbonyl (C=O) groups is 2. The average molecular weight is 387 g/mol. The van der Waals surface area contributed by atoms with Crippen LogP contribution in [-0.2, 0) is 9.53 Å². The summed E-state index contributed by atoms with van der Waals surface area (Å²) in [6.07, 6.45) is 0. The number of esters is 1. The molecule has 0 saturated heterocycles. The summed E-state index contributed by atoms with van der Waals surface area (Å²) < 4.78 is 18.3. The molecule has 0 aliphatic rings. The van der Waals surface area contributed by atoms with E-state index in [0.29, 0.717) is 5.02 Å². The molecule has 0 atom stereocenters. The summed E-state index contributed by atoms with van der Waals surface area (Å²) >= 11 is 11.5. The van der Waals surface area contributed by atoms with Gasteiger partial charge in [0.25, 0.3) is 11.6 Å². The summed E-state index contributed by atoms with van der Waals surface area (Å²) in [5.74, 6) is -2.62.